The number of benzene rings is 1. The van der Waals surface area contributed by atoms with Crippen molar-refractivity contribution in [1.82, 2.24) is 20.1 Å². The van der Waals surface area contributed by atoms with E-state index in [0.29, 0.717) is 48.5 Å². The quantitative estimate of drug-likeness (QED) is 0.526. The van der Waals surface area contributed by atoms with Gasteiger partial charge in [0.25, 0.3) is 0 Å². The highest BCUT2D eigenvalue weighted by molar-refractivity contribution is 6.30. The summed E-state index contributed by atoms with van der Waals surface area (Å²) in [7, 11) is 1.54. The Morgan fingerprint density at radius 1 is 1.03 bits per heavy atom. The van der Waals surface area contributed by atoms with Crippen molar-refractivity contribution >= 4 is 23.3 Å². The molecule has 0 bridgehead atoms. The first-order valence-corrected chi connectivity index (χ1v) is 13.1. The van der Waals surface area contributed by atoms with Crippen molar-refractivity contribution < 1.29 is 19.0 Å². The van der Waals surface area contributed by atoms with E-state index in [4.69, 9.17) is 16.3 Å². The van der Waals surface area contributed by atoms with E-state index in [1.54, 1.807) is 30.5 Å². The van der Waals surface area contributed by atoms with Gasteiger partial charge in [-0.2, -0.15) is 0 Å². The number of carbonyl (C=O) groups is 1. The molecule has 2 saturated heterocycles. The SMILES string of the molecule is COc1ccc(N2C[C@@H](C(=O)N3CC(C)C(O)(c4ccc(F)cc4)C(C)C3)[C@H](c3ccc(Cl)cn3)C2)nn1. The normalized spacial score (nSPS) is 27.4. The fraction of sp³-hybridized carbons (Fsp3) is 0.429. The number of hydrogen-bond donors (Lipinski definition) is 1. The van der Waals surface area contributed by atoms with Crippen molar-refractivity contribution in [3.63, 3.8) is 0 Å². The summed E-state index contributed by atoms with van der Waals surface area (Å²) in [5.74, 6) is -0.311. The third kappa shape index (κ3) is 4.80. The Kier molecular flexibility index (Phi) is 7.24. The van der Waals surface area contributed by atoms with E-state index in [0.717, 1.165) is 5.69 Å². The first kappa shape index (κ1) is 26.3. The number of amides is 1. The summed E-state index contributed by atoms with van der Waals surface area (Å²) >= 11 is 6.09. The number of piperidine rings is 1. The molecule has 4 atom stereocenters. The van der Waals surface area contributed by atoms with E-state index in [-0.39, 0.29) is 35.4 Å². The van der Waals surface area contributed by atoms with Gasteiger partial charge in [0, 0.05) is 61.9 Å². The number of anilines is 1. The van der Waals surface area contributed by atoms with E-state index in [1.807, 2.05) is 35.8 Å². The van der Waals surface area contributed by atoms with E-state index < -0.39 is 5.60 Å². The first-order valence-electron chi connectivity index (χ1n) is 12.7. The Morgan fingerprint density at radius 2 is 1.74 bits per heavy atom. The van der Waals surface area contributed by atoms with E-state index in [1.165, 1.54) is 19.2 Å². The molecule has 2 fully saturated rings. The molecule has 2 aliphatic rings. The van der Waals surface area contributed by atoms with Crippen molar-refractivity contribution in [3.8, 4) is 5.88 Å². The number of rotatable bonds is 5. The van der Waals surface area contributed by atoms with Crippen LogP contribution in [0.1, 0.15) is 31.0 Å². The van der Waals surface area contributed by atoms with Gasteiger partial charge in [-0.25, -0.2) is 4.39 Å². The van der Waals surface area contributed by atoms with Crippen LogP contribution < -0.4 is 9.64 Å². The van der Waals surface area contributed by atoms with Gasteiger partial charge in [0.05, 0.1) is 23.7 Å². The third-order valence-electron chi connectivity index (χ3n) is 8.04. The Labute approximate surface area is 226 Å². The van der Waals surface area contributed by atoms with Gasteiger partial charge >= 0.3 is 0 Å². The van der Waals surface area contributed by atoms with Crippen molar-refractivity contribution in [3.05, 3.63) is 76.8 Å². The number of aromatic nitrogens is 3. The van der Waals surface area contributed by atoms with Crippen LogP contribution in [0.2, 0.25) is 5.02 Å². The molecule has 1 amide bonds. The number of carbonyl (C=O) groups excluding carboxylic acids is 1. The largest absolute Gasteiger partial charge is 0.480 e. The average molecular weight is 540 g/mol. The second-order valence-corrected chi connectivity index (χ2v) is 10.8. The van der Waals surface area contributed by atoms with Gasteiger partial charge in [-0.05, 0) is 35.9 Å². The summed E-state index contributed by atoms with van der Waals surface area (Å²) < 4.78 is 18.7. The number of hydrogen-bond acceptors (Lipinski definition) is 7. The number of methoxy groups -OCH3 is 1. The topological polar surface area (TPSA) is 91.7 Å². The van der Waals surface area contributed by atoms with E-state index in [2.05, 4.69) is 15.2 Å². The molecule has 0 aliphatic carbocycles. The zero-order valence-corrected chi connectivity index (χ0v) is 22.3. The number of ether oxygens (including phenoxy) is 1. The summed E-state index contributed by atoms with van der Waals surface area (Å²) in [5.41, 5.74) is 0.291. The lowest BCUT2D eigenvalue weighted by Crippen LogP contribution is -2.57. The maximum atomic E-state index is 14.1. The number of halogens is 2. The predicted octanol–water partition coefficient (Wildman–Crippen LogP) is 3.89. The maximum absolute atomic E-state index is 14.1. The van der Waals surface area contributed by atoms with Gasteiger partial charge in [0.1, 0.15) is 5.82 Å². The highest BCUT2D eigenvalue weighted by Crippen LogP contribution is 2.43. The zero-order valence-electron chi connectivity index (χ0n) is 21.6. The molecule has 1 aromatic carbocycles. The smallest absolute Gasteiger partial charge is 0.233 e. The van der Waals surface area contributed by atoms with Crippen LogP contribution in [0.15, 0.2) is 54.7 Å². The predicted molar refractivity (Wildman–Crippen MR) is 141 cm³/mol. The van der Waals surface area contributed by atoms with Gasteiger partial charge in [-0.15, -0.1) is 10.2 Å². The minimum absolute atomic E-state index is 0.00979. The Bertz CT molecular complexity index is 1260. The zero-order chi connectivity index (χ0) is 27.0. The second kappa shape index (κ2) is 10.5. The van der Waals surface area contributed by atoms with Gasteiger partial charge in [-0.1, -0.05) is 37.6 Å². The summed E-state index contributed by atoms with van der Waals surface area (Å²) in [6, 6.07) is 13.2. The second-order valence-electron chi connectivity index (χ2n) is 10.3. The van der Waals surface area contributed by atoms with Crippen LogP contribution in [-0.4, -0.2) is 64.4 Å². The molecule has 2 aromatic heterocycles. The first-order chi connectivity index (χ1) is 18.2. The molecule has 0 spiro atoms. The summed E-state index contributed by atoms with van der Waals surface area (Å²) in [6.07, 6.45) is 1.60. The number of likely N-dealkylation sites (tertiary alicyclic amines) is 1. The molecule has 200 valence electrons. The Morgan fingerprint density at radius 3 is 2.32 bits per heavy atom. The lowest BCUT2D eigenvalue weighted by molar-refractivity contribution is -0.152. The van der Waals surface area contributed by atoms with Crippen molar-refractivity contribution in [2.45, 2.75) is 25.4 Å². The molecule has 4 heterocycles. The van der Waals surface area contributed by atoms with Crippen LogP contribution in [0, 0.1) is 23.6 Å². The van der Waals surface area contributed by atoms with Crippen LogP contribution in [0.3, 0.4) is 0 Å². The van der Waals surface area contributed by atoms with Gasteiger partial charge in [0.15, 0.2) is 5.82 Å². The minimum Gasteiger partial charge on any atom is -0.480 e. The highest BCUT2D eigenvalue weighted by Gasteiger charge is 2.49. The Balaban J connectivity index is 1.40. The fourth-order valence-electron chi connectivity index (χ4n) is 5.94. The van der Waals surface area contributed by atoms with Crippen LogP contribution in [-0.2, 0) is 10.4 Å². The molecule has 0 saturated carbocycles. The lowest BCUT2D eigenvalue weighted by Gasteiger charge is -2.48. The number of aliphatic hydroxyl groups is 1. The number of pyridine rings is 1. The van der Waals surface area contributed by atoms with Crippen LogP contribution in [0.5, 0.6) is 5.88 Å². The summed E-state index contributed by atoms with van der Waals surface area (Å²) in [5, 5.41) is 20.6. The molecule has 5 rings (SSSR count). The van der Waals surface area contributed by atoms with Gasteiger partial charge in [0.2, 0.25) is 11.8 Å². The molecule has 3 aromatic rings. The Hall–Kier alpha value is -3.30. The van der Waals surface area contributed by atoms with E-state index in [9.17, 15) is 14.3 Å². The molecule has 38 heavy (non-hydrogen) atoms. The molecule has 10 heteroatoms. The maximum Gasteiger partial charge on any atom is 0.233 e. The molecule has 2 aliphatic heterocycles. The standard InChI is InChI=1S/C28H31ClFN5O3/c1-17-13-35(14-18(2)28(17,37)19-4-7-21(30)8-5-19)27(36)23-16-34(25-10-11-26(38-3)33-32-25)15-22(23)24-9-6-20(29)12-31-24/h4-12,17-18,22-23,37H,13-16H2,1-3H3/t17?,18?,22-,23-,28?/m1/s1. The number of nitrogens with zero attached hydrogens (tertiary/aromatic N) is 5. The van der Waals surface area contributed by atoms with Crippen LogP contribution in [0.4, 0.5) is 10.2 Å². The third-order valence-corrected chi connectivity index (χ3v) is 8.26. The van der Waals surface area contributed by atoms with Gasteiger partial charge < -0.3 is 19.6 Å². The molecule has 1 N–H and O–H groups in total. The van der Waals surface area contributed by atoms with Crippen molar-refractivity contribution in [2.24, 2.45) is 17.8 Å². The fourth-order valence-corrected chi connectivity index (χ4v) is 6.05. The molecule has 2 unspecified atom stereocenters. The van der Waals surface area contributed by atoms with Crippen LogP contribution in [0.25, 0.3) is 0 Å². The van der Waals surface area contributed by atoms with Crippen LogP contribution >= 0.6 is 11.6 Å². The van der Waals surface area contributed by atoms with Crippen molar-refractivity contribution in [2.75, 3.05) is 38.2 Å². The lowest BCUT2D eigenvalue weighted by atomic mass is 9.70. The molecular formula is C28H31ClFN5O3. The molecular weight excluding hydrogens is 509 g/mol. The van der Waals surface area contributed by atoms with Gasteiger partial charge in [-0.3, -0.25) is 9.78 Å². The summed E-state index contributed by atoms with van der Waals surface area (Å²) in [4.78, 5) is 22.5. The monoisotopic (exact) mass is 539 g/mol. The highest BCUT2D eigenvalue weighted by atomic mass is 35.5. The molecule has 0 radical (unpaired) electrons. The average Bonchev–Trinajstić information content (AvgIpc) is 3.37. The summed E-state index contributed by atoms with van der Waals surface area (Å²) in [6.45, 7) is 5.64. The molecule has 8 nitrogen and oxygen atoms in total. The van der Waals surface area contributed by atoms with Crippen molar-refractivity contribution in [1.29, 1.82) is 0 Å². The minimum atomic E-state index is -1.16. The van der Waals surface area contributed by atoms with E-state index >= 15 is 0 Å².